The molecule has 0 atom stereocenters. The number of hydrogen-bond donors (Lipinski definition) is 2. The molecule has 5 nitrogen and oxygen atoms in total. The van der Waals surface area contributed by atoms with Crippen LogP contribution in [0.15, 0.2) is 0 Å². The van der Waals surface area contributed by atoms with Crippen molar-refractivity contribution in [2.75, 3.05) is 18.4 Å². The highest BCUT2D eigenvalue weighted by molar-refractivity contribution is 5.24. The Kier molecular flexibility index (Phi) is 5.71. The van der Waals surface area contributed by atoms with Gasteiger partial charge >= 0.3 is 0 Å². The molecule has 0 unspecified atom stereocenters. The van der Waals surface area contributed by atoms with Crippen LogP contribution in [0.25, 0.3) is 0 Å². The van der Waals surface area contributed by atoms with Crippen LogP contribution < -0.4 is 11.1 Å². The zero-order chi connectivity index (χ0) is 11.8. The van der Waals surface area contributed by atoms with Crippen LogP contribution in [-0.2, 0) is 0 Å². The molecule has 3 N–H and O–H groups in total. The number of nitrogens with one attached hydrogen (secondary N) is 1. The maximum Gasteiger partial charge on any atom is 0.242 e. The summed E-state index contributed by atoms with van der Waals surface area (Å²) >= 11 is 0. The number of hydrogen-bond acceptors (Lipinski definition) is 5. The molecule has 0 bridgehead atoms. The van der Waals surface area contributed by atoms with Crippen LogP contribution >= 0.6 is 0 Å². The van der Waals surface area contributed by atoms with Crippen LogP contribution in [0.4, 0.5) is 5.95 Å². The molecular weight excluding hydrogens is 202 g/mol. The minimum atomic E-state index is 0.627. The third-order valence-electron chi connectivity index (χ3n) is 2.51. The topological polar surface area (TPSA) is 76.7 Å². The van der Waals surface area contributed by atoms with Crippen LogP contribution in [0.1, 0.15) is 37.1 Å². The lowest BCUT2D eigenvalue weighted by atomic mass is 10.2. The summed E-state index contributed by atoms with van der Waals surface area (Å²) in [7, 11) is 0. The predicted octanol–water partition coefficient (Wildman–Crippen LogP) is 1.42. The first kappa shape index (κ1) is 12.8. The molecule has 0 aliphatic carbocycles. The van der Waals surface area contributed by atoms with Crippen LogP contribution in [0, 0.1) is 13.8 Å². The summed E-state index contributed by atoms with van der Waals surface area (Å²) in [6.07, 6.45) is 4.63. The molecule has 0 radical (unpaired) electrons. The first-order chi connectivity index (χ1) is 7.74. The minimum Gasteiger partial charge on any atom is -0.353 e. The van der Waals surface area contributed by atoms with E-state index >= 15 is 0 Å². The third-order valence-corrected chi connectivity index (χ3v) is 2.51. The second-order valence-electron chi connectivity index (χ2n) is 3.94. The second kappa shape index (κ2) is 7.11. The molecule has 0 saturated heterocycles. The molecule has 0 amide bonds. The van der Waals surface area contributed by atoms with Crippen molar-refractivity contribution in [3.05, 3.63) is 11.4 Å². The molecule has 1 heterocycles. The molecular formula is C11H21N5. The molecule has 0 aromatic carbocycles. The predicted molar refractivity (Wildman–Crippen MR) is 65.3 cm³/mol. The number of rotatable bonds is 7. The van der Waals surface area contributed by atoms with E-state index in [1.807, 2.05) is 13.8 Å². The molecule has 0 fully saturated rings. The SMILES string of the molecule is Cc1nnc(NCCCCCCN)nc1C. The van der Waals surface area contributed by atoms with Gasteiger partial charge in [0, 0.05) is 6.54 Å². The van der Waals surface area contributed by atoms with Gasteiger partial charge in [-0.15, -0.1) is 5.10 Å². The van der Waals surface area contributed by atoms with Crippen molar-refractivity contribution in [1.82, 2.24) is 15.2 Å². The Balaban J connectivity index is 2.19. The first-order valence-corrected chi connectivity index (χ1v) is 5.86. The standard InChI is InChI=1S/C11H21N5/c1-9-10(2)15-16-11(14-9)13-8-6-4-3-5-7-12/h3-8,12H2,1-2H3,(H,13,14,16). The Morgan fingerprint density at radius 2 is 1.75 bits per heavy atom. The fraction of sp³-hybridized carbons (Fsp3) is 0.727. The van der Waals surface area contributed by atoms with E-state index in [0.717, 1.165) is 37.3 Å². The van der Waals surface area contributed by atoms with Gasteiger partial charge in [0.1, 0.15) is 0 Å². The van der Waals surface area contributed by atoms with E-state index in [0.29, 0.717) is 5.95 Å². The van der Waals surface area contributed by atoms with Gasteiger partial charge in [0.2, 0.25) is 5.95 Å². The van der Waals surface area contributed by atoms with Gasteiger partial charge < -0.3 is 11.1 Å². The number of aryl methyl sites for hydroxylation is 2. The van der Waals surface area contributed by atoms with E-state index in [2.05, 4.69) is 20.5 Å². The Labute approximate surface area is 96.9 Å². The molecule has 1 aromatic rings. The highest BCUT2D eigenvalue weighted by Crippen LogP contribution is 2.03. The Hall–Kier alpha value is -1.23. The largest absolute Gasteiger partial charge is 0.353 e. The van der Waals surface area contributed by atoms with Crippen molar-refractivity contribution in [2.45, 2.75) is 39.5 Å². The van der Waals surface area contributed by atoms with E-state index in [1.165, 1.54) is 12.8 Å². The van der Waals surface area contributed by atoms with Gasteiger partial charge in [-0.1, -0.05) is 12.8 Å². The monoisotopic (exact) mass is 223 g/mol. The van der Waals surface area contributed by atoms with Crippen molar-refractivity contribution < 1.29 is 0 Å². The van der Waals surface area contributed by atoms with Gasteiger partial charge in [0.25, 0.3) is 0 Å². The van der Waals surface area contributed by atoms with Crippen molar-refractivity contribution in [1.29, 1.82) is 0 Å². The molecule has 0 spiro atoms. The van der Waals surface area contributed by atoms with Crippen molar-refractivity contribution in [2.24, 2.45) is 5.73 Å². The number of unbranched alkanes of at least 4 members (excludes halogenated alkanes) is 3. The normalized spacial score (nSPS) is 10.4. The summed E-state index contributed by atoms with van der Waals surface area (Å²) in [5.41, 5.74) is 7.24. The maximum absolute atomic E-state index is 5.42. The number of aromatic nitrogens is 3. The van der Waals surface area contributed by atoms with Crippen molar-refractivity contribution >= 4 is 5.95 Å². The summed E-state index contributed by atoms with van der Waals surface area (Å²) in [4.78, 5) is 4.30. The Bertz CT molecular complexity index is 313. The van der Waals surface area contributed by atoms with Gasteiger partial charge in [0.05, 0.1) is 11.4 Å². The summed E-state index contributed by atoms with van der Waals surface area (Å²) < 4.78 is 0. The number of nitrogens with zero attached hydrogens (tertiary/aromatic N) is 3. The van der Waals surface area contributed by atoms with E-state index in [4.69, 9.17) is 5.73 Å². The molecule has 90 valence electrons. The lowest BCUT2D eigenvalue weighted by Gasteiger charge is -2.05. The van der Waals surface area contributed by atoms with Crippen molar-refractivity contribution in [3.8, 4) is 0 Å². The van der Waals surface area contributed by atoms with Gasteiger partial charge in [-0.2, -0.15) is 5.10 Å². The van der Waals surface area contributed by atoms with Crippen LogP contribution in [0.2, 0.25) is 0 Å². The molecule has 5 heteroatoms. The summed E-state index contributed by atoms with van der Waals surface area (Å²) in [5.74, 6) is 0.627. The third kappa shape index (κ3) is 4.53. The summed E-state index contributed by atoms with van der Waals surface area (Å²) in [6.45, 7) is 5.54. The van der Waals surface area contributed by atoms with Crippen LogP contribution in [0.3, 0.4) is 0 Å². The average molecular weight is 223 g/mol. The number of nitrogens with two attached hydrogens (primary N) is 1. The highest BCUT2D eigenvalue weighted by Gasteiger charge is 1.99. The minimum absolute atomic E-state index is 0.627. The Morgan fingerprint density at radius 3 is 2.44 bits per heavy atom. The molecule has 16 heavy (non-hydrogen) atoms. The highest BCUT2D eigenvalue weighted by atomic mass is 15.2. The van der Waals surface area contributed by atoms with E-state index in [9.17, 15) is 0 Å². The summed E-state index contributed by atoms with van der Waals surface area (Å²) in [6, 6.07) is 0. The fourth-order valence-corrected chi connectivity index (χ4v) is 1.35. The average Bonchev–Trinajstić information content (AvgIpc) is 2.28. The smallest absolute Gasteiger partial charge is 0.242 e. The molecule has 0 saturated carbocycles. The zero-order valence-electron chi connectivity index (χ0n) is 10.2. The first-order valence-electron chi connectivity index (χ1n) is 5.86. The maximum atomic E-state index is 5.42. The molecule has 1 rings (SSSR count). The number of anilines is 1. The lowest BCUT2D eigenvalue weighted by molar-refractivity contribution is 0.659. The Morgan fingerprint density at radius 1 is 1.00 bits per heavy atom. The van der Waals surface area contributed by atoms with Crippen LogP contribution in [0.5, 0.6) is 0 Å². The van der Waals surface area contributed by atoms with Gasteiger partial charge in [-0.05, 0) is 33.2 Å². The molecule has 0 aliphatic heterocycles. The molecule has 0 aliphatic rings. The van der Waals surface area contributed by atoms with E-state index in [-0.39, 0.29) is 0 Å². The lowest BCUT2D eigenvalue weighted by Crippen LogP contribution is -2.08. The van der Waals surface area contributed by atoms with Crippen LogP contribution in [-0.4, -0.2) is 28.3 Å². The van der Waals surface area contributed by atoms with E-state index in [1.54, 1.807) is 0 Å². The zero-order valence-corrected chi connectivity index (χ0v) is 10.2. The fourth-order valence-electron chi connectivity index (χ4n) is 1.35. The second-order valence-corrected chi connectivity index (χ2v) is 3.94. The molecule has 1 aromatic heterocycles. The summed E-state index contributed by atoms with van der Waals surface area (Å²) in [5, 5.41) is 11.2. The van der Waals surface area contributed by atoms with Crippen molar-refractivity contribution in [3.63, 3.8) is 0 Å². The van der Waals surface area contributed by atoms with E-state index < -0.39 is 0 Å². The van der Waals surface area contributed by atoms with Gasteiger partial charge in [-0.25, -0.2) is 4.98 Å². The van der Waals surface area contributed by atoms with Gasteiger partial charge in [-0.3, -0.25) is 0 Å². The van der Waals surface area contributed by atoms with Gasteiger partial charge in [0.15, 0.2) is 0 Å². The quantitative estimate of drug-likeness (QED) is 0.684.